The first-order valence-corrected chi connectivity index (χ1v) is 3.98. The molecule has 0 amide bonds. The van der Waals surface area contributed by atoms with E-state index in [1.54, 1.807) is 6.21 Å². The summed E-state index contributed by atoms with van der Waals surface area (Å²) in [4.78, 5) is 3.95. The number of nitrogens with zero attached hydrogens (tertiary/aromatic N) is 1. The van der Waals surface area contributed by atoms with Crippen LogP contribution in [0, 0.1) is 0 Å². The number of rotatable bonds is 2. The summed E-state index contributed by atoms with van der Waals surface area (Å²) in [5.41, 5.74) is 0.853. The van der Waals surface area contributed by atoms with E-state index in [-0.39, 0.29) is 5.83 Å². The third-order valence-electron chi connectivity index (χ3n) is 1.36. The Balaban J connectivity index is 2.68. The van der Waals surface area contributed by atoms with Crippen molar-refractivity contribution in [2.24, 2.45) is 4.99 Å². The number of halogens is 2. The Hall–Kier alpha value is -0.630. The molecule has 11 heavy (non-hydrogen) atoms. The maximum Gasteiger partial charge on any atom is 0.121 e. The van der Waals surface area contributed by atoms with Gasteiger partial charge in [0.1, 0.15) is 5.83 Å². The van der Waals surface area contributed by atoms with Crippen molar-refractivity contribution >= 4 is 17.8 Å². The van der Waals surface area contributed by atoms with Gasteiger partial charge in [0, 0.05) is 12.1 Å². The fraction of sp³-hybridized carbons (Fsp3) is 0.375. The molecule has 0 spiro atoms. The molecule has 0 aromatic carbocycles. The summed E-state index contributed by atoms with van der Waals surface area (Å²) in [7, 11) is 0. The highest BCUT2D eigenvalue weighted by Gasteiger charge is 1.98. The first kappa shape index (κ1) is 8.47. The van der Waals surface area contributed by atoms with E-state index in [0.29, 0.717) is 18.8 Å². The molecule has 1 nitrogen and oxygen atoms in total. The zero-order valence-electron chi connectivity index (χ0n) is 6.06. The molecule has 1 heterocycles. The van der Waals surface area contributed by atoms with Gasteiger partial charge in [-0.25, -0.2) is 4.39 Å². The van der Waals surface area contributed by atoms with Crippen molar-refractivity contribution in [3.63, 3.8) is 0 Å². The summed E-state index contributed by atoms with van der Waals surface area (Å²) >= 11 is 5.49. The number of allylic oxidation sites excluding steroid dienone is 3. The lowest BCUT2D eigenvalue weighted by atomic mass is 10.2. The van der Waals surface area contributed by atoms with Gasteiger partial charge in [0.2, 0.25) is 0 Å². The number of aliphatic imine (C=N–C) groups is 1. The molecule has 60 valence electrons. The number of alkyl halides is 1. The lowest BCUT2D eigenvalue weighted by molar-refractivity contribution is 0.662. The monoisotopic (exact) mass is 173 g/mol. The van der Waals surface area contributed by atoms with Gasteiger partial charge < -0.3 is 0 Å². The maximum absolute atomic E-state index is 12.7. The molecule has 0 saturated carbocycles. The van der Waals surface area contributed by atoms with Gasteiger partial charge in [0.05, 0.1) is 6.54 Å². The van der Waals surface area contributed by atoms with Gasteiger partial charge in [-0.3, -0.25) is 4.99 Å². The van der Waals surface area contributed by atoms with Crippen molar-refractivity contribution in [2.45, 2.75) is 6.42 Å². The summed E-state index contributed by atoms with van der Waals surface area (Å²) in [6, 6.07) is 0. The van der Waals surface area contributed by atoms with E-state index in [1.807, 2.05) is 0 Å². The minimum absolute atomic E-state index is 0.220. The first-order chi connectivity index (χ1) is 5.33. The first-order valence-electron chi connectivity index (χ1n) is 3.45. The van der Waals surface area contributed by atoms with Crippen LogP contribution in [-0.2, 0) is 0 Å². The average molecular weight is 174 g/mol. The molecule has 0 aliphatic carbocycles. The van der Waals surface area contributed by atoms with Crippen molar-refractivity contribution in [1.82, 2.24) is 0 Å². The van der Waals surface area contributed by atoms with Crippen LogP contribution in [0.3, 0.4) is 0 Å². The van der Waals surface area contributed by atoms with E-state index < -0.39 is 0 Å². The predicted molar refractivity (Wildman–Crippen MR) is 46.0 cm³/mol. The summed E-state index contributed by atoms with van der Waals surface area (Å²) in [5, 5.41) is 0. The van der Waals surface area contributed by atoms with Crippen molar-refractivity contribution in [3.05, 3.63) is 23.6 Å². The molecule has 0 aromatic heterocycles. The Bertz CT molecular complexity index is 218. The van der Waals surface area contributed by atoms with Crippen LogP contribution in [0.15, 0.2) is 28.5 Å². The lowest BCUT2D eigenvalue weighted by Crippen LogP contribution is -1.85. The third kappa shape index (κ3) is 2.85. The van der Waals surface area contributed by atoms with Gasteiger partial charge in [-0.1, -0.05) is 0 Å². The Labute approximate surface area is 70.3 Å². The SMILES string of the molecule is FC1=CCN=CC(CCCl)=C1. The Morgan fingerprint density at radius 3 is 3.18 bits per heavy atom. The Morgan fingerprint density at radius 1 is 1.64 bits per heavy atom. The smallest absolute Gasteiger partial charge is 0.121 e. The van der Waals surface area contributed by atoms with E-state index in [1.165, 1.54) is 12.2 Å². The summed E-state index contributed by atoms with van der Waals surface area (Å²) in [6.45, 7) is 0.425. The highest BCUT2D eigenvalue weighted by Crippen LogP contribution is 2.09. The maximum atomic E-state index is 12.7. The molecule has 0 fully saturated rings. The standard InChI is InChI=1S/C8H9ClFN/c9-3-1-7-5-8(10)2-4-11-6-7/h2,5-6H,1,3-4H2. The van der Waals surface area contributed by atoms with E-state index in [2.05, 4.69) is 4.99 Å². The zero-order chi connectivity index (χ0) is 8.10. The lowest BCUT2D eigenvalue weighted by Gasteiger charge is -1.93. The van der Waals surface area contributed by atoms with Crippen molar-refractivity contribution < 1.29 is 4.39 Å². The van der Waals surface area contributed by atoms with Crippen molar-refractivity contribution in [1.29, 1.82) is 0 Å². The van der Waals surface area contributed by atoms with Gasteiger partial charge in [-0.2, -0.15) is 0 Å². The fourth-order valence-electron chi connectivity index (χ4n) is 0.829. The van der Waals surface area contributed by atoms with Crippen LogP contribution in [0.25, 0.3) is 0 Å². The summed E-state index contributed by atoms with van der Waals surface area (Å²) in [5.74, 6) is 0.285. The predicted octanol–water partition coefficient (Wildman–Crippen LogP) is 2.48. The molecule has 0 unspecified atom stereocenters. The van der Waals surface area contributed by atoms with Gasteiger partial charge in [-0.15, -0.1) is 11.6 Å². The normalized spacial score (nSPS) is 17.3. The summed E-state index contributed by atoms with van der Waals surface area (Å²) in [6.07, 6.45) is 5.26. The second-order valence-corrected chi connectivity index (χ2v) is 2.62. The highest BCUT2D eigenvalue weighted by atomic mass is 35.5. The Morgan fingerprint density at radius 2 is 2.45 bits per heavy atom. The topological polar surface area (TPSA) is 12.4 Å². The molecule has 1 aliphatic rings. The van der Waals surface area contributed by atoms with Crippen LogP contribution in [0.2, 0.25) is 0 Å². The van der Waals surface area contributed by atoms with Gasteiger partial charge in [0.25, 0.3) is 0 Å². The van der Waals surface area contributed by atoms with E-state index >= 15 is 0 Å². The minimum atomic E-state index is -0.220. The second kappa shape index (κ2) is 4.29. The molecular weight excluding hydrogens is 165 g/mol. The highest BCUT2D eigenvalue weighted by molar-refractivity contribution is 6.18. The van der Waals surface area contributed by atoms with Gasteiger partial charge >= 0.3 is 0 Å². The van der Waals surface area contributed by atoms with E-state index in [9.17, 15) is 4.39 Å². The molecule has 1 aliphatic heterocycles. The molecule has 0 atom stereocenters. The van der Waals surface area contributed by atoms with Crippen molar-refractivity contribution in [2.75, 3.05) is 12.4 Å². The van der Waals surface area contributed by atoms with Crippen LogP contribution in [-0.4, -0.2) is 18.6 Å². The van der Waals surface area contributed by atoms with Crippen LogP contribution in [0.4, 0.5) is 4.39 Å². The molecule has 1 rings (SSSR count). The third-order valence-corrected chi connectivity index (χ3v) is 1.54. The molecule has 3 heteroatoms. The zero-order valence-corrected chi connectivity index (χ0v) is 6.81. The fourth-order valence-corrected chi connectivity index (χ4v) is 1.05. The van der Waals surface area contributed by atoms with Crippen LogP contribution < -0.4 is 0 Å². The van der Waals surface area contributed by atoms with Crippen LogP contribution >= 0.6 is 11.6 Å². The van der Waals surface area contributed by atoms with E-state index in [4.69, 9.17) is 11.6 Å². The molecule has 0 radical (unpaired) electrons. The quantitative estimate of drug-likeness (QED) is 0.569. The molecule has 0 aromatic rings. The van der Waals surface area contributed by atoms with Crippen molar-refractivity contribution in [3.8, 4) is 0 Å². The second-order valence-electron chi connectivity index (χ2n) is 2.24. The average Bonchev–Trinajstić information content (AvgIpc) is 2.15. The van der Waals surface area contributed by atoms with E-state index in [0.717, 1.165) is 5.57 Å². The van der Waals surface area contributed by atoms with Gasteiger partial charge in [-0.05, 0) is 24.1 Å². The molecule has 0 bridgehead atoms. The molecule has 0 saturated heterocycles. The largest absolute Gasteiger partial charge is 0.289 e. The van der Waals surface area contributed by atoms with Gasteiger partial charge in [0.15, 0.2) is 0 Å². The van der Waals surface area contributed by atoms with Crippen LogP contribution in [0.1, 0.15) is 6.42 Å². The minimum Gasteiger partial charge on any atom is -0.289 e. The number of hydrogen-bond acceptors (Lipinski definition) is 1. The molecular formula is C8H9ClFN. The molecule has 0 N–H and O–H groups in total. The number of hydrogen-bond donors (Lipinski definition) is 0. The summed E-state index contributed by atoms with van der Waals surface area (Å²) < 4.78 is 12.7. The Kier molecular flexibility index (Phi) is 3.30. The van der Waals surface area contributed by atoms with Crippen LogP contribution in [0.5, 0.6) is 0 Å².